The lowest BCUT2D eigenvalue weighted by molar-refractivity contribution is -0.139. The van der Waals surface area contributed by atoms with Gasteiger partial charge in [-0.3, -0.25) is 9.69 Å². The number of hydrogen-bond donors (Lipinski definition) is 0. The summed E-state index contributed by atoms with van der Waals surface area (Å²) in [6, 6.07) is 4.43. The lowest BCUT2D eigenvalue weighted by atomic mass is 10.1. The van der Waals surface area contributed by atoms with Gasteiger partial charge in [0.25, 0.3) is 0 Å². The minimum atomic E-state index is -0.686. The number of halogens is 2. The predicted octanol–water partition coefficient (Wildman–Crippen LogP) is 2.35. The number of rotatable bonds is 6. The average molecular weight is 313 g/mol. The number of piperidine rings is 1. The Balaban J connectivity index is 1.78. The van der Waals surface area contributed by atoms with Crippen molar-refractivity contribution in [3.05, 3.63) is 29.6 Å². The monoisotopic (exact) mass is 313 g/mol. The van der Waals surface area contributed by atoms with E-state index in [4.69, 9.17) is 4.74 Å². The Hall–Kier alpha value is -1.69. The van der Waals surface area contributed by atoms with Crippen LogP contribution in [0.15, 0.2) is 18.2 Å². The van der Waals surface area contributed by atoms with Crippen LogP contribution in [0.3, 0.4) is 0 Å². The first-order valence-corrected chi connectivity index (χ1v) is 7.43. The fourth-order valence-corrected chi connectivity index (χ4v) is 2.41. The molecular formula is C16H21F2NO3. The third kappa shape index (κ3) is 4.94. The predicted molar refractivity (Wildman–Crippen MR) is 78.2 cm³/mol. The van der Waals surface area contributed by atoms with Gasteiger partial charge in [-0.25, -0.2) is 8.78 Å². The van der Waals surface area contributed by atoms with Crippen molar-refractivity contribution in [2.24, 2.45) is 0 Å². The van der Waals surface area contributed by atoms with Gasteiger partial charge in [0, 0.05) is 25.7 Å². The van der Waals surface area contributed by atoms with Crippen molar-refractivity contribution < 1.29 is 23.0 Å². The fourth-order valence-electron chi connectivity index (χ4n) is 2.41. The molecule has 1 aromatic carbocycles. The zero-order chi connectivity index (χ0) is 15.9. The van der Waals surface area contributed by atoms with Gasteiger partial charge in [0.05, 0.1) is 13.5 Å². The van der Waals surface area contributed by atoms with Gasteiger partial charge in [0.2, 0.25) is 0 Å². The van der Waals surface area contributed by atoms with Crippen LogP contribution in [0, 0.1) is 5.82 Å². The van der Waals surface area contributed by atoms with E-state index in [-0.39, 0.29) is 12.0 Å². The Labute approximate surface area is 129 Å². The zero-order valence-corrected chi connectivity index (χ0v) is 12.7. The van der Waals surface area contributed by atoms with E-state index in [2.05, 4.69) is 9.64 Å². The van der Waals surface area contributed by atoms with E-state index in [1.165, 1.54) is 19.2 Å². The summed E-state index contributed by atoms with van der Waals surface area (Å²) in [5.41, 5.74) is 0.282. The van der Waals surface area contributed by atoms with Crippen LogP contribution >= 0.6 is 0 Å². The van der Waals surface area contributed by atoms with Gasteiger partial charge in [-0.1, -0.05) is 6.07 Å². The number of methoxy groups -OCH3 is 1. The van der Waals surface area contributed by atoms with Crippen molar-refractivity contribution in [2.75, 3.05) is 33.4 Å². The average Bonchev–Trinajstić information content (AvgIpc) is 2.51. The Bertz CT molecular complexity index is 502. The Morgan fingerprint density at radius 2 is 2.09 bits per heavy atom. The largest absolute Gasteiger partial charge is 0.492 e. The number of carbonyl (C=O) groups excluding carboxylic acids is 1. The topological polar surface area (TPSA) is 38.8 Å². The first kappa shape index (κ1) is 16.7. The quantitative estimate of drug-likeness (QED) is 0.756. The number of likely N-dealkylation sites (tertiary alicyclic amines) is 1. The molecular weight excluding hydrogens is 292 g/mol. The molecule has 4 nitrogen and oxygen atoms in total. The SMILES string of the molecule is COC(=O)Cc1ccc(OCCN2CCC(F)CC2)cc1F. The number of esters is 1. The van der Waals surface area contributed by atoms with E-state index < -0.39 is 18.0 Å². The van der Waals surface area contributed by atoms with Gasteiger partial charge in [-0.05, 0) is 24.5 Å². The molecule has 6 heteroatoms. The molecule has 1 aliphatic rings. The summed E-state index contributed by atoms with van der Waals surface area (Å²) in [5.74, 6) is -0.545. The van der Waals surface area contributed by atoms with Crippen LogP contribution in [-0.4, -0.2) is 50.4 Å². The molecule has 0 spiro atoms. The second-order valence-corrected chi connectivity index (χ2v) is 5.37. The highest BCUT2D eigenvalue weighted by molar-refractivity contribution is 5.72. The number of hydrogen-bond acceptors (Lipinski definition) is 4. The summed E-state index contributed by atoms with van der Waals surface area (Å²) in [5, 5.41) is 0. The minimum Gasteiger partial charge on any atom is -0.492 e. The van der Waals surface area contributed by atoms with Crippen LogP contribution in [0.25, 0.3) is 0 Å². The molecule has 0 N–H and O–H groups in total. The molecule has 122 valence electrons. The van der Waals surface area contributed by atoms with Crippen LogP contribution in [0.1, 0.15) is 18.4 Å². The van der Waals surface area contributed by atoms with Crippen LogP contribution in [0.4, 0.5) is 8.78 Å². The molecule has 2 rings (SSSR count). The maximum absolute atomic E-state index is 13.8. The molecule has 0 unspecified atom stereocenters. The van der Waals surface area contributed by atoms with Crippen LogP contribution in [0.2, 0.25) is 0 Å². The van der Waals surface area contributed by atoms with Crippen molar-refractivity contribution in [3.8, 4) is 5.75 Å². The first-order chi connectivity index (χ1) is 10.6. The minimum absolute atomic E-state index is 0.0964. The highest BCUT2D eigenvalue weighted by Crippen LogP contribution is 2.18. The molecule has 22 heavy (non-hydrogen) atoms. The summed E-state index contributed by atoms with van der Waals surface area (Å²) in [6.45, 7) is 2.58. The number of carbonyl (C=O) groups is 1. The van der Waals surface area contributed by atoms with Gasteiger partial charge in [0.15, 0.2) is 0 Å². The molecule has 0 amide bonds. The summed E-state index contributed by atoms with van der Waals surface area (Å²) in [6.07, 6.45) is 0.350. The van der Waals surface area contributed by atoms with Gasteiger partial charge >= 0.3 is 5.97 Å². The second kappa shape index (κ2) is 8.08. The van der Waals surface area contributed by atoms with Gasteiger partial charge < -0.3 is 9.47 Å². The summed E-state index contributed by atoms with van der Waals surface area (Å²) >= 11 is 0. The molecule has 1 fully saturated rings. The summed E-state index contributed by atoms with van der Waals surface area (Å²) < 4.78 is 36.9. The summed E-state index contributed by atoms with van der Waals surface area (Å²) in [4.78, 5) is 13.3. The molecule has 0 atom stereocenters. The van der Waals surface area contributed by atoms with E-state index in [1.807, 2.05) is 0 Å². The normalized spacial score (nSPS) is 16.5. The van der Waals surface area contributed by atoms with Gasteiger partial charge in [-0.2, -0.15) is 0 Å². The van der Waals surface area contributed by atoms with Crippen LogP contribution in [-0.2, 0) is 16.0 Å². The lowest BCUT2D eigenvalue weighted by Gasteiger charge is -2.28. The van der Waals surface area contributed by atoms with E-state index >= 15 is 0 Å². The maximum Gasteiger partial charge on any atom is 0.310 e. The standard InChI is InChI=1S/C16H21F2NO3/c1-21-16(20)10-12-2-3-14(11-15(12)18)22-9-8-19-6-4-13(17)5-7-19/h2-3,11,13H,4-10H2,1H3. The third-order valence-corrected chi connectivity index (χ3v) is 3.78. The highest BCUT2D eigenvalue weighted by atomic mass is 19.1. The molecule has 1 aliphatic heterocycles. The molecule has 0 bridgehead atoms. The van der Waals surface area contributed by atoms with Crippen molar-refractivity contribution in [1.82, 2.24) is 4.90 Å². The van der Waals surface area contributed by atoms with E-state index in [0.717, 1.165) is 13.1 Å². The smallest absolute Gasteiger partial charge is 0.310 e. The fraction of sp³-hybridized carbons (Fsp3) is 0.562. The molecule has 1 aromatic rings. The van der Waals surface area contributed by atoms with Gasteiger partial charge in [0.1, 0.15) is 24.3 Å². The van der Waals surface area contributed by atoms with Crippen LogP contribution < -0.4 is 4.74 Å². The second-order valence-electron chi connectivity index (χ2n) is 5.37. The van der Waals surface area contributed by atoms with E-state index in [1.54, 1.807) is 6.07 Å². The van der Waals surface area contributed by atoms with Crippen molar-refractivity contribution in [3.63, 3.8) is 0 Å². The highest BCUT2D eigenvalue weighted by Gasteiger charge is 2.17. The number of alkyl halides is 1. The lowest BCUT2D eigenvalue weighted by Crippen LogP contribution is -2.37. The summed E-state index contributed by atoms with van der Waals surface area (Å²) in [7, 11) is 1.27. The van der Waals surface area contributed by atoms with E-state index in [0.29, 0.717) is 31.7 Å². The van der Waals surface area contributed by atoms with Crippen molar-refractivity contribution in [2.45, 2.75) is 25.4 Å². The van der Waals surface area contributed by atoms with Crippen molar-refractivity contribution in [1.29, 1.82) is 0 Å². The Kier molecular flexibility index (Phi) is 6.12. The molecule has 0 saturated carbocycles. The maximum atomic E-state index is 13.8. The van der Waals surface area contributed by atoms with E-state index in [9.17, 15) is 13.6 Å². The number of benzene rings is 1. The number of nitrogens with zero attached hydrogens (tertiary/aromatic N) is 1. The first-order valence-electron chi connectivity index (χ1n) is 7.43. The number of ether oxygens (including phenoxy) is 2. The van der Waals surface area contributed by atoms with Crippen molar-refractivity contribution >= 4 is 5.97 Å². The van der Waals surface area contributed by atoms with Crippen LogP contribution in [0.5, 0.6) is 5.75 Å². The molecule has 1 heterocycles. The zero-order valence-electron chi connectivity index (χ0n) is 12.7. The molecule has 0 radical (unpaired) electrons. The molecule has 1 saturated heterocycles. The Morgan fingerprint density at radius 3 is 2.73 bits per heavy atom. The third-order valence-electron chi connectivity index (χ3n) is 3.78. The van der Waals surface area contributed by atoms with Gasteiger partial charge in [-0.15, -0.1) is 0 Å². The molecule has 0 aromatic heterocycles. The molecule has 0 aliphatic carbocycles. The Morgan fingerprint density at radius 1 is 1.36 bits per heavy atom.